The van der Waals surface area contributed by atoms with Gasteiger partial charge >= 0.3 is 156 Å². The van der Waals surface area contributed by atoms with Crippen molar-refractivity contribution in [2.24, 2.45) is 0 Å². The quantitative estimate of drug-likeness (QED) is 0.272. The van der Waals surface area contributed by atoms with Crippen LogP contribution in [0, 0.1) is 0 Å². The van der Waals surface area contributed by atoms with Gasteiger partial charge in [0.15, 0.2) is 0 Å². The van der Waals surface area contributed by atoms with Crippen molar-refractivity contribution in [3.63, 3.8) is 0 Å². The second-order valence-electron chi connectivity index (χ2n) is 6.86. The summed E-state index contributed by atoms with van der Waals surface area (Å²) in [5, 5.41) is 0. The Balaban J connectivity index is 0.000000343. The van der Waals surface area contributed by atoms with E-state index in [-0.39, 0.29) is 0 Å². The van der Waals surface area contributed by atoms with E-state index >= 15 is 0 Å². The van der Waals surface area contributed by atoms with Gasteiger partial charge in [0.05, 0.1) is 0 Å². The molecule has 0 aromatic heterocycles. The first-order valence-electron chi connectivity index (χ1n) is 9.30. The molecular weight excluding hydrogens is 520 g/mol. The molecule has 0 bridgehead atoms. The van der Waals surface area contributed by atoms with E-state index in [0.717, 1.165) is 0 Å². The molecule has 0 saturated heterocycles. The van der Waals surface area contributed by atoms with E-state index in [1.54, 1.807) is 0 Å². The molecule has 0 aliphatic heterocycles. The molecule has 30 heavy (non-hydrogen) atoms. The van der Waals surface area contributed by atoms with Crippen molar-refractivity contribution in [2.45, 2.75) is 18.8 Å². The molecule has 3 rings (SSSR count). The van der Waals surface area contributed by atoms with Crippen molar-refractivity contribution in [1.29, 1.82) is 0 Å². The van der Waals surface area contributed by atoms with Crippen molar-refractivity contribution < 1.29 is 26.1 Å². The van der Waals surface area contributed by atoms with Gasteiger partial charge in [-0.3, -0.25) is 4.55 Å². The molecule has 0 aliphatic carbocycles. The Kier molecular flexibility index (Phi) is 9.38. The van der Waals surface area contributed by atoms with E-state index in [4.69, 9.17) is 13.0 Å². The van der Waals surface area contributed by atoms with E-state index in [1.165, 1.54) is 30.0 Å². The van der Waals surface area contributed by atoms with E-state index < -0.39 is 35.4 Å². The molecule has 0 radical (unpaired) electrons. The summed E-state index contributed by atoms with van der Waals surface area (Å²) in [5.74, 6) is 0. The third-order valence-electron chi connectivity index (χ3n) is 4.39. The van der Waals surface area contributed by atoms with Crippen LogP contribution in [0.1, 0.15) is 16.7 Å². The van der Waals surface area contributed by atoms with Crippen LogP contribution in [0.4, 0.5) is 13.2 Å². The molecule has 0 fully saturated rings. The second-order valence-corrected chi connectivity index (χ2v) is 16.7. The van der Waals surface area contributed by atoms with E-state index in [0.29, 0.717) is 0 Å². The summed E-state index contributed by atoms with van der Waals surface area (Å²) >= 11 is -1.70. The van der Waals surface area contributed by atoms with Crippen LogP contribution in [0.2, 0.25) is 0 Å². The van der Waals surface area contributed by atoms with Crippen LogP contribution in [0.3, 0.4) is 0 Å². The zero-order chi connectivity index (χ0) is 22.0. The first-order valence-corrected chi connectivity index (χ1v) is 17.7. The van der Waals surface area contributed by atoms with Gasteiger partial charge in [-0.2, -0.15) is 21.6 Å². The molecule has 0 saturated carbocycles. The van der Waals surface area contributed by atoms with Gasteiger partial charge in [-0.1, -0.05) is 0 Å². The molecule has 0 atom stereocenters. The molecular formula is C22H23F3O3SSn. The minimum absolute atomic E-state index is 1.34. The van der Waals surface area contributed by atoms with Crippen molar-refractivity contribution >= 4 is 29.9 Å². The SMILES string of the molecule is O=S(=O)(O)C(F)(F)F.c1ccc([CH2][SnH]([CH2]c2ccccc2)[CH2]c2ccccc2)cc1. The Morgan fingerprint density at radius 2 is 0.867 bits per heavy atom. The standard InChI is InChI=1S/3C7H7.CHF3O3S.Sn.H/c3*1-7-5-3-2-4-6-7;2-1(3,4)8(5,6)7;;/h3*2-6H,1H2;(H,5,6,7);;. The molecule has 8 heteroatoms. The second kappa shape index (κ2) is 11.5. The Labute approximate surface area is 182 Å². The van der Waals surface area contributed by atoms with Crippen LogP contribution in [0.25, 0.3) is 0 Å². The normalized spacial score (nSPS) is 11.6. The third-order valence-corrected chi connectivity index (χ3v) is 14.0. The van der Waals surface area contributed by atoms with Gasteiger partial charge in [0.25, 0.3) is 0 Å². The van der Waals surface area contributed by atoms with E-state index in [9.17, 15) is 13.2 Å². The Bertz CT molecular complexity index is 882. The first kappa shape index (κ1) is 24.4. The fraction of sp³-hybridized carbons (Fsp3) is 0.182. The summed E-state index contributed by atoms with van der Waals surface area (Å²) in [6.45, 7) is 0. The number of hydrogen-bond acceptors (Lipinski definition) is 2. The monoisotopic (exact) mass is 544 g/mol. The molecule has 3 aromatic rings. The molecule has 0 amide bonds. The Morgan fingerprint density at radius 3 is 1.07 bits per heavy atom. The van der Waals surface area contributed by atoms with Crippen molar-refractivity contribution in [1.82, 2.24) is 0 Å². The number of hydrogen-bond donors (Lipinski definition) is 1. The van der Waals surface area contributed by atoms with E-state index in [1.807, 2.05) is 0 Å². The number of alkyl halides is 3. The van der Waals surface area contributed by atoms with Crippen LogP contribution in [-0.2, 0) is 23.4 Å². The summed E-state index contributed by atoms with van der Waals surface area (Å²) in [6.07, 6.45) is 0. The zero-order valence-corrected chi connectivity index (χ0v) is 20.3. The van der Waals surface area contributed by atoms with Gasteiger partial charge in [0, 0.05) is 0 Å². The molecule has 0 unspecified atom stereocenters. The molecule has 0 aliphatic rings. The molecule has 3 aromatic carbocycles. The van der Waals surface area contributed by atoms with Gasteiger partial charge in [0.2, 0.25) is 0 Å². The average Bonchev–Trinajstić information content (AvgIpc) is 2.69. The number of halogens is 3. The maximum absolute atomic E-state index is 10.7. The van der Waals surface area contributed by atoms with Crippen molar-refractivity contribution in [3.05, 3.63) is 108 Å². The minimum atomic E-state index is -5.84. The summed E-state index contributed by atoms with van der Waals surface area (Å²) in [7, 11) is -5.84. The van der Waals surface area contributed by atoms with Crippen molar-refractivity contribution in [2.75, 3.05) is 0 Å². The fourth-order valence-electron chi connectivity index (χ4n) is 3.06. The van der Waals surface area contributed by atoms with Crippen molar-refractivity contribution in [3.8, 4) is 0 Å². The van der Waals surface area contributed by atoms with Gasteiger partial charge in [-0.15, -0.1) is 0 Å². The number of rotatable bonds is 6. The summed E-state index contributed by atoms with van der Waals surface area (Å²) < 4.78 is 61.6. The fourth-order valence-corrected chi connectivity index (χ4v) is 12.3. The first-order chi connectivity index (χ1) is 14.1. The van der Waals surface area contributed by atoms with E-state index in [2.05, 4.69) is 91.0 Å². The van der Waals surface area contributed by atoms with Gasteiger partial charge in [-0.05, 0) is 0 Å². The maximum atomic E-state index is 10.7. The van der Waals surface area contributed by atoms with Gasteiger partial charge in [0.1, 0.15) is 0 Å². The van der Waals surface area contributed by atoms with Crippen LogP contribution < -0.4 is 0 Å². The average molecular weight is 543 g/mol. The van der Waals surface area contributed by atoms with Crippen LogP contribution in [0.5, 0.6) is 0 Å². The predicted octanol–water partition coefficient (Wildman–Crippen LogP) is 4.95. The van der Waals surface area contributed by atoms with Gasteiger partial charge < -0.3 is 0 Å². The Morgan fingerprint density at radius 1 is 0.633 bits per heavy atom. The van der Waals surface area contributed by atoms with Crippen LogP contribution in [-0.4, -0.2) is 38.2 Å². The zero-order valence-electron chi connectivity index (χ0n) is 16.2. The third kappa shape index (κ3) is 8.89. The number of benzene rings is 3. The van der Waals surface area contributed by atoms with Crippen LogP contribution in [0.15, 0.2) is 91.0 Å². The van der Waals surface area contributed by atoms with Gasteiger partial charge in [-0.25, -0.2) is 0 Å². The Hall–Kier alpha value is -1.84. The molecule has 0 spiro atoms. The van der Waals surface area contributed by atoms with Crippen LogP contribution >= 0.6 is 0 Å². The summed E-state index contributed by atoms with van der Waals surface area (Å²) in [4.78, 5) is 0. The summed E-state index contributed by atoms with van der Waals surface area (Å²) in [6, 6.07) is 33.1. The summed E-state index contributed by atoms with van der Waals surface area (Å²) in [5.41, 5.74) is -0.965. The topological polar surface area (TPSA) is 54.4 Å². The molecule has 1 N–H and O–H groups in total. The molecule has 3 nitrogen and oxygen atoms in total. The molecule has 0 heterocycles. The molecule has 160 valence electrons. The predicted molar refractivity (Wildman–Crippen MR) is 115 cm³/mol.